The first-order valence-corrected chi connectivity index (χ1v) is 15.2. The lowest BCUT2D eigenvalue weighted by Crippen LogP contribution is -2.69. The number of hydroxylamine groups is 2. The van der Waals surface area contributed by atoms with Crippen molar-refractivity contribution in [3.05, 3.63) is 41.5 Å². The van der Waals surface area contributed by atoms with Gasteiger partial charge < -0.3 is 39.4 Å². The van der Waals surface area contributed by atoms with E-state index in [1.807, 2.05) is 6.07 Å². The molecule has 0 aromatic heterocycles. The lowest BCUT2D eigenvalue weighted by molar-refractivity contribution is -0.201. The molecule has 15 heteroatoms. The summed E-state index contributed by atoms with van der Waals surface area (Å²) < 4.78 is 27.7. The summed E-state index contributed by atoms with van der Waals surface area (Å²) in [5, 5.41) is 15.7. The van der Waals surface area contributed by atoms with Gasteiger partial charge in [0.15, 0.2) is 6.04 Å². The van der Waals surface area contributed by atoms with Gasteiger partial charge in [-0.15, -0.1) is 0 Å². The van der Waals surface area contributed by atoms with E-state index in [0.29, 0.717) is 11.1 Å². The SMILES string of the molecule is CC1(C)COC(=O)[C@@H]1OC(=O)C=Cc1cccc(CN2O[C@@H]3[C@H]4OCO[C@H]4[C@@H]4C[C@]3(C(=O)NCCC(=O)NCCO)[C@@H]2C(=O)O4)c1. The fraction of sp³-hybridized carbons (Fsp3) is 0.581. The molecule has 4 saturated heterocycles. The first-order chi connectivity index (χ1) is 22.0. The van der Waals surface area contributed by atoms with Crippen molar-refractivity contribution in [3.8, 4) is 0 Å². The molecule has 1 aromatic rings. The van der Waals surface area contributed by atoms with E-state index in [2.05, 4.69) is 10.6 Å². The Bertz CT molecular complexity index is 1430. The van der Waals surface area contributed by atoms with Crippen molar-refractivity contribution < 1.29 is 57.6 Å². The molecule has 5 fully saturated rings. The summed E-state index contributed by atoms with van der Waals surface area (Å²) in [4.78, 5) is 70.3. The standard InChI is InChI=1S/C31H37N3O12/c1-30(2)15-41-28(39)26(30)45-21(37)7-6-17-4-3-5-18(12-17)14-34-24-27(38)44-19-13-31(24,25(46-34)23-22(19)42-16-43-23)29(40)33-9-8-20(36)32-10-11-35/h3-7,12,19,22-26,35H,8-11,13-16H2,1-2H3,(H,32,36)(H,33,40)/t19-,22-,23-,24-,25+,26-,31-/m0/s1. The van der Waals surface area contributed by atoms with Crippen LogP contribution in [0.4, 0.5) is 0 Å². The number of hydrogen-bond acceptors (Lipinski definition) is 13. The largest absolute Gasteiger partial charge is 0.462 e. The van der Waals surface area contributed by atoms with Crippen LogP contribution < -0.4 is 10.6 Å². The summed E-state index contributed by atoms with van der Waals surface area (Å²) in [6.45, 7) is 3.69. The summed E-state index contributed by atoms with van der Waals surface area (Å²) in [6.07, 6.45) is -0.925. The smallest absolute Gasteiger partial charge is 0.348 e. The average Bonchev–Trinajstić information content (AvgIpc) is 3.71. The monoisotopic (exact) mass is 643 g/mol. The number of nitrogens with zero attached hydrogens (tertiary/aromatic N) is 1. The van der Waals surface area contributed by atoms with E-state index >= 15 is 0 Å². The highest BCUT2D eigenvalue weighted by molar-refractivity contribution is 5.94. The lowest BCUT2D eigenvalue weighted by atomic mass is 9.62. The zero-order chi connectivity index (χ0) is 32.6. The highest BCUT2D eigenvalue weighted by atomic mass is 16.8. The first kappa shape index (κ1) is 32.1. The Morgan fingerprint density at radius 2 is 1.91 bits per heavy atom. The van der Waals surface area contributed by atoms with Crippen molar-refractivity contribution in [2.45, 2.75) is 69.8 Å². The number of nitrogens with one attached hydrogen (secondary N) is 2. The maximum atomic E-state index is 13.9. The van der Waals surface area contributed by atoms with Crippen LogP contribution in [-0.2, 0) is 59.0 Å². The minimum Gasteiger partial charge on any atom is -0.462 e. The Morgan fingerprint density at radius 3 is 2.67 bits per heavy atom. The van der Waals surface area contributed by atoms with Gasteiger partial charge in [-0.1, -0.05) is 38.1 Å². The number of carbonyl (C=O) groups is 5. The molecule has 15 nitrogen and oxygen atoms in total. The van der Waals surface area contributed by atoms with Crippen molar-refractivity contribution in [1.29, 1.82) is 0 Å². The van der Waals surface area contributed by atoms with Crippen LogP contribution in [0.3, 0.4) is 0 Å². The molecule has 2 bridgehead atoms. The molecule has 3 N–H and O–H groups in total. The number of amides is 2. The van der Waals surface area contributed by atoms with Crippen LogP contribution in [0, 0.1) is 10.8 Å². The van der Waals surface area contributed by atoms with E-state index < -0.39 is 71.2 Å². The molecule has 4 aliphatic heterocycles. The molecule has 2 amide bonds. The third-order valence-corrected chi connectivity index (χ3v) is 9.01. The molecule has 4 heterocycles. The maximum Gasteiger partial charge on any atom is 0.348 e. The maximum absolute atomic E-state index is 13.9. The van der Waals surface area contributed by atoms with E-state index in [9.17, 15) is 24.0 Å². The fourth-order valence-electron chi connectivity index (χ4n) is 6.80. The molecular weight excluding hydrogens is 606 g/mol. The van der Waals surface area contributed by atoms with Crippen LogP contribution in [0.5, 0.6) is 0 Å². The van der Waals surface area contributed by atoms with Gasteiger partial charge in [0.1, 0.15) is 43.2 Å². The molecule has 5 aliphatic rings. The normalized spacial score (nSPS) is 32.5. The number of aliphatic hydroxyl groups is 1. The average molecular weight is 644 g/mol. The Hall–Kier alpha value is -3.89. The van der Waals surface area contributed by atoms with Gasteiger partial charge in [-0.2, -0.15) is 5.06 Å². The van der Waals surface area contributed by atoms with Crippen molar-refractivity contribution in [2.75, 3.05) is 33.1 Å². The van der Waals surface area contributed by atoms with Gasteiger partial charge in [-0.05, 0) is 17.2 Å². The highest BCUT2D eigenvalue weighted by Crippen LogP contribution is 2.55. The second-order valence-corrected chi connectivity index (χ2v) is 12.7. The molecule has 7 atom stereocenters. The van der Waals surface area contributed by atoms with Crippen molar-refractivity contribution >= 4 is 35.8 Å². The van der Waals surface area contributed by atoms with Gasteiger partial charge in [0.25, 0.3) is 0 Å². The number of carbonyl (C=O) groups excluding carboxylic acids is 5. The van der Waals surface area contributed by atoms with Crippen LogP contribution in [0.15, 0.2) is 30.3 Å². The van der Waals surface area contributed by atoms with Crippen molar-refractivity contribution in [1.82, 2.24) is 15.7 Å². The topological polar surface area (TPSA) is 188 Å². The van der Waals surface area contributed by atoms with Gasteiger partial charge in [0, 0.05) is 37.4 Å². The van der Waals surface area contributed by atoms with Gasteiger partial charge >= 0.3 is 17.9 Å². The van der Waals surface area contributed by atoms with Crippen LogP contribution in [0.25, 0.3) is 6.08 Å². The lowest BCUT2D eigenvalue weighted by Gasteiger charge is -2.48. The predicted octanol–water partition coefficient (Wildman–Crippen LogP) is -0.649. The molecule has 1 saturated carbocycles. The van der Waals surface area contributed by atoms with Crippen LogP contribution in [0.1, 0.15) is 37.8 Å². The third kappa shape index (κ3) is 5.88. The summed E-state index contributed by atoms with van der Waals surface area (Å²) in [5.41, 5.74) is -0.648. The van der Waals surface area contributed by atoms with Gasteiger partial charge in [-0.3, -0.25) is 19.2 Å². The Kier molecular flexibility index (Phi) is 8.87. The number of esters is 3. The first-order valence-electron chi connectivity index (χ1n) is 15.2. The summed E-state index contributed by atoms with van der Waals surface area (Å²) >= 11 is 0. The predicted molar refractivity (Wildman–Crippen MR) is 154 cm³/mol. The molecule has 0 radical (unpaired) electrons. The number of hydrogen-bond donors (Lipinski definition) is 3. The van der Waals surface area contributed by atoms with E-state index in [1.165, 1.54) is 11.1 Å². The van der Waals surface area contributed by atoms with E-state index in [4.69, 9.17) is 33.6 Å². The van der Waals surface area contributed by atoms with E-state index in [1.54, 1.807) is 38.1 Å². The molecule has 0 unspecified atom stereocenters. The molecular formula is C31H37N3O12. The molecule has 0 spiro atoms. The van der Waals surface area contributed by atoms with Gasteiger partial charge in [0.2, 0.25) is 17.9 Å². The van der Waals surface area contributed by atoms with Crippen LogP contribution >= 0.6 is 0 Å². The fourth-order valence-corrected chi connectivity index (χ4v) is 6.80. The number of benzene rings is 1. The highest BCUT2D eigenvalue weighted by Gasteiger charge is 2.74. The number of cyclic esters (lactones) is 1. The third-order valence-electron chi connectivity index (χ3n) is 9.01. The molecule has 248 valence electrons. The molecule has 1 aromatic carbocycles. The number of aliphatic hydroxyl groups excluding tert-OH is 1. The van der Waals surface area contributed by atoms with Crippen LogP contribution in [-0.4, -0.2) is 110 Å². The Labute approximate surface area is 264 Å². The second kappa shape index (κ2) is 12.7. The van der Waals surface area contributed by atoms with E-state index in [-0.39, 0.29) is 58.4 Å². The van der Waals surface area contributed by atoms with E-state index in [0.717, 1.165) is 0 Å². The zero-order valence-corrected chi connectivity index (χ0v) is 25.5. The van der Waals surface area contributed by atoms with Crippen LogP contribution in [0.2, 0.25) is 0 Å². The summed E-state index contributed by atoms with van der Waals surface area (Å²) in [6, 6.07) is 6.03. The van der Waals surface area contributed by atoms with Gasteiger partial charge in [0.05, 0.1) is 13.2 Å². The van der Waals surface area contributed by atoms with Crippen molar-refractivity contribution in [3.63, 3.8) is 0 Å². The summed E-state index contributed by atoms with van der Waals surface area (Å²) in [7, 11) is 0. The minimum absolute atomic E-state index is 0.0126. The zero-order valence-electron chi connectivity index (χ0n) is 25.5. The minimum atomic E-state index is -1.37. The molecule has 46 heavy (non-hydrogen) atoms. The quantitative estimate of drug-likeness (QED) is 0.157. The second-order valence-electron chi connectivity index (χ2n) is 12.7. The van der Waals surface area contributed by atoms with Crippen molar-refractivity contribution in [2.24, 2.45) is 10.8 Å². The Balaban J connectivity index is 1.18. The number of fused-ring (bicyclic) bond motifs is 4. The number of ether oxygens (including phenoxy) is 5. The Morgan fingerprint density at radius 1 is 1.11 bits per heavy atom. The molecule has 6 rings (SSSR count). The summed E-state index contributed by atoms with van der Waals surface area (Å²) in [5.74, 6) is -2.70. The van der Waals surface area contributed by atoms with Gasteiger partial charge in [-0.25, -0.2) is 9.59 Å². The number of rotatable bonds is 11. The molecule has 1 aliphatic carbocycles.